The number of pyridine rings is 1. The molecule has 0 radical (unpaired) electrons. The lowest BCUT2D eigenvalue weighted by Crippen LogP contribution is -2.49. The van der Waals surface area contributed by atoms with Crippen LogP contribution in [0.3, 0.4) is 0 Å². The van der Waals surface area contributed by atoms with E-state index in [0.29, 0.717) is 25.1 Å². The molecule has 1 aliphatic rings. The molecule has 0 fully saturated rings. The third kappa shape index (κ3) is 5.24. The summed E-state index contributed by atoms with van der Waals surface area (Å²) in [6.07, 6.45) is 3.85. The lowest BCUT2D eigenvalue weighted by atomic mass is 9.96. The average Bonchev–Trinajstić information content (AvgIpc) is 3.27. The lowest BCUT2D eigenvalue weighted by Gasteiger charge is -2.37. The van der Waals surface area contributed by atoms with Crippen molar-refractivity contribution in [1.82, 2.24) is 19.7 Å². The van der Waals surface area contributed by atoms with Gasteiger partial charge in [-0.05, 0) is 62.6 Å². The number of ether oxygens (including phenoxy) is 1. The van der Waals surface area contributed by atoms with Gasteiger partial charge in [-0.25, -0.2) is 4.79 Å². The molecular formula is C30H29N5O2. The average molecular weight is 492 g/mol. The molecule has 2 aromatic carbocycles. The number of nitriles is 1. The second-order valence-corrected chi connectivity index (χ2v) is 10.2. The minimum Gasteiger partial charge on any atom is -0.444 e. The van der Waals surface area contributed by atoms with Crippen molar-refractivity contribution in [2.45, 2.75) is 51.9 Å². The number of aromatic nitrogens is 3. The van der Waals surface area contributed by atoms with E-state index in [1.54, 1.807) is 18.5 Å². The molecule has 5 rings (SSSR count). The Bertz CT molecular complexity index is 1450. The minimum absolute atomic E-state index is 0.131. The summed E-state index contributed by atoms with van der Waals surface area (Å²) in [4.78, 5) is 19.5. The first kappa shape index (κ1) is 24.3. The highest BCUT2D eigenvalue weighted by atomic mass is 16.6. The highest BCUT2D eigenvalue weighted by Gasteiger charge is 2.36. The van der Waals surface area contributed by atoms with Gasteiger partial charge in [-0.2, -0.15) is 10.4 Å². The predicted octanol–water partition coefficient (Wildman–Crippen LogP) is 5.85. The smallest absolute Gasteiger partial charge is 0.410 e. The summed E-state index contributed by atoms with van der Waals surface area (Å²) in [6.45, 7) is 6.53. The second kappa shape index (κ2) is 9.90. The predicted molar refractivity (Wildman–Crippen MR) is 141 cm³/mol. The number of hydrogen-bond donors (Lipinski definition) is 0. The van der Waals surface area contributed by atoms with E-state index in [0.717, 1.165) is 33.6 Å². The van der Waals surface area contributed by atoms with E-state index in [4.69, 9.17) is 9.84 Å². The van der Waals surface area contributed by atoms with Crippen molar-refractivity contribution in [2.24, 2.45) is 0 Å². The third-order valence-corrected chi connectivity index (χ3v) is 6.38. The number of benzene rings is 2. The number of fused-ring (bicyclic) bond motifs is 1. The van der Waals surface area contributed by atoms with Gasteiger partial charge in [0, 0.05) is 23.5 Å². The SMILES string of the molecule is CC(C)(C)OC(=O)N1Cc2c(-c3ccncc3)c(-c3cccc(C#N)c3)nn2C[C@@H]1Cc1ccccc1. The van der Waals surface area contributed by atoms with Crippen molar-refractivity contribution in [3.05, 3.63) is 95.9 Å². The molecule has 2 aromatic heterocycles. The molecule has 0 N–H and O–H groups in total. The first-order valence-electron chi connectivity index (χ1n) is 12.4. The van der Waals surface area contributed by atoms with Gasteiger partial charge in [0.05, 0.1) is 36.5 Å². The van der Waals surface area contributed by atoms with Crippen LogP contribution < -0.4 is 0 Å². The summed E-state index contributed by atoms with van der Waals surface area (Å²) in [5, 5.41) is 14.5. The van der Waals surface area contributed by atoms with Gasteiger partial charge in [0.15, 0.2) is 0 Å². The molecule has 4 aromatic rings. The third-order valence-electron chi connectivity index (χ3n) is 6.38. The number of amides is 1. The maximum atomic E-state index is 13.5. The minimum atomic E-state index is -0.608. The van der Waals surface area contributed by atoms with Crippen molar-refractivity contribution in [3.63, 3.8) is 0 Å². The molecule has 37 heavy (non-hydrogen) atoms. The van der Waals surface area contributed by atoms with E-state index in [1.807, 2.05) is 78.9 Å². The van der Waals surface area contributed by atoms with Crippen molar-refractivity contribution in [3.8, 4) is 28.5 Å². The highest BCUT2D eigenvalue weighted by molar-refractivity contribution is 5.83. The highest BCUT2D eigenvalue weighted by Crippen LogP contribution is 2.38. The molecule has 186 valence electrons. The van der Waals surface area contributed by atoms with E-state index in [-0.39, 0.29) is 12.1 Å². The molecule has 1 atom stereocenters. The normalized spacial score (nSPS) is 15.1. The molecule has 7 nitrogen and oxygen atoms in total. The van der Waals surface area contributed by atoms with E-state index in [1.165, 1.54) is 0 Å². The second-order valence-electron chi connectivity index (χ2n) is 10.2. The standard InChI is InChI=1S/C30H29N5O2/c1-30(2,3)37-29(36)34-20-26-27(23-12-14-32-15-13-23)28(24-11-7-10-22(16-24)18-31)33-35(26)19-25(34)17-21-8-5-4-6-9-21/h4-16,25H,17,19-20H2,1-3H3/t25-/m0/s1. The first-order chi connectivity index (χ1) is 17.8. The van der Waals surface area contributed by atoms with E-state index in [9.17, 15) is 10.1 Å². The van der Waals surface area contributed by atoms with Crippen LogP contribution in [0.25, 0.3) is 22.4 Å². The van der Waals surface area contributed by atoms with Crippen LogP contribution in [0.5, 0.6) is 0 Å². The molecule has 0 aliphatic carbocycles. The fraction of sp³-hybridized carbons (Fsp3) is 0.267. The summed E-state index contributed by atoms with van der Waals surface area (Å²) in [5.41, 5.74) is 5.57. The summed E-state index contributed by atoms with van der Waals surface area (Å²) >= 11 is 0. The summed E-state index contributed by atoms with van der Waals surface area (Å²) in [5.74, 6) is 0. The van der Waals surface area contributed by atoms with E-state index < -0.39 is 5.60 Å². The van der Waals surface area contributed by atoms with Crippen molar-refractivity contribution >= 4 is 6.09 Å². The summed E-state index contributed by atoms with van der Waals surface area (Å²) < 4.78 is 7.85. The summed E-state index contributed by atoms with van der Waals surface area (Å²) in [6, 6.07) is 23.6. The number of hydrogen-bond acceptors (Lipinski definition) is 5. The molecule has 0 saturated carbocycles. The monoisotopic (exact) mass is 491 g/mol. The summed E-state index contributed by atoms with van der Waals surface area (Å²) in [7, 11) is 0. The van der Waals surface area contributed by atoms with Gasteiger partial charge < -0.3 is 4.74 Å². The Kier molecular flexibility index (Phi) is 6.49. The van der Waals surface area contributed by atoms with Gasteiger partial charge in [-0.15, -0.1) is 0 Å². The molecule has 7 heteroatoms. The van der Waals surface area contributed by atoms with Gasteiger partial charge in [-0.3, -0.25) is 14.6 Å². The fourth-order valence-electron chi connectivity index (χ4n) is 4.75. The van der Waals surface area contributed by atoms with Gasteiger partial charge in [0.25, 0.3) is 0 Å². The Labute approximate surface area is 217 Å². The Morgan fingerprint density at radius 1 is 1.05 bits per heavy atom. The van der Waals surface area contributed by atoms with Crippen LogP contribution in [-0.2, 0) is 24.2 Å². The lowest BCUT2D eigenvalue weighted by molar-refractivity contribution is 0.00686. The van der Waals surface area contributed by atoms with Crippen LogP contribution in [0.4, 0.5) is 4.79 Å². The molecule has 0 spiro atoms. The van der Waals surface area contributed by atoms with Crippen LogP contribution in [0.15, 0.2) is 79.1 Å². The van der Waals surface area contributed by atoms with Crippen LogP contribution in [0.2, 0.25) is 0 Å². The number of rotatable bonds is 4. The zero-order valence-electron chi connectivity index (χ0n) is 21.3. The van der Waals surface area contributed by atoms with Gasteiger partial charge in [0.1, 0.15) is 11.3 Å². The van der Waals surface area contributed by atoms with Crippen molar-refractivity contribution < 1.29 is 9.53 Å². The number of carbonyl (C=O) groups excluding carboxylic acids is 1. The van der Waals surface area contributed by atoms with E-state index >= 15 is 0 Å². The zero-order valence-corrected chi connectivity index (χ0v) is 21.3. The van der Waals surface area contributed by atoms with E-state index in [2.05, 4.69) is 23.2 Å². The number of carbonyl (C=O) groups is 1. The Morgan fingerprint density at radius 3 is 2.51 bits per heavy atom. The molecule has 3 heterocycles. The molecule has 0 unspecified atom stereocenters. The Balaban J connectivity index is 1.63. The first-order valence-corrected chi connectivity index (χ1v) is 12.4. The fourth-order valence-corrected chi connectivity index (χ4v) is 4.75. The van der Waals surface area contributed by atoms with Crippen LogP contribution in [0.1, 0.15) is 37.6 Å². The van der Waals surface area contributed by atoms with Gasteiger partial charge >= 0.3 is 6.09 Å². The maximum absolute atomic E-state index is 13.5. The number of nitrogens with zero attached hydrogens (tertiary/aromatic N) is 5. The molecule has 0 saturated heterocycles. The maximum Gasteiger partial charge on any atom is 0.410 e. The van der Waals surface area contributed by atoms with Crippen LogP contribution in [0, 0.1) is 11.3 Å². The van der Waals surface area contributed by atoms with Gasteiger partial charge in [0.2, 0.25) is 0 Å². The van der Waals surface area contributed by atoms with Crippen molar-refractivity contribution in [2.75, 3.05) is 0 Å². The largest absolute Gasteiger partial charge is 0.444 e. The van der Waals surface area contributed by atoms with Gasteiger partial charge in [-0.1, -0.05) is 42.5 Å². The zero-order chi connectivity index (χ0) is 26.0. The Hall–Kier alpha value is -4.44. The molecule has 0 bridgehead atoms. The van der Waals surface area contributed by atoms with Crippen molar-refractivity contribution in [1.29, 1.82) is 5.26 Å². The molecule has 1 amide bonds. The Morgan fingerprint density at radius 2 is 1.81 bits per heavy atom. The molecular weight excluding hydrogens is 462 g/mol. The van der Waals surface area contributed by atoms with Crippen LogP contribution in [-0.4, -0.2) is 37.4 Å². The quantitative estimate of drug-likeness (QED) is 0.358. The van der Waals surface area contributed by atoms with Crippen LogP contribution >= 0.6 is 0 Å². The molecule has 1 aliphatic heterocycles. The topological polar surface area (TPSA) is 84.0 Å².